The number of amides is 1. The molecule has 0 saturated carbocycles. The average Bonchev–Trinajstić information content (AvgIpc) is 3.05. The fourth-order valence-corrected chi connectivity index (χ4v) is 2.41. The predicted molar refractivity (Wildman–Crippen MR) is 91.8 cm³/mol. The van der Waals surface area contributed by atoms with E-state index in [0.717, 1.165) is 16.7 Å². The molecule has 0 atom stereocenters. The Morgan fingerprint density at radius 1 is 1.12 bits per heavy atom. The molecule has 1 N–H and O–H groups in total. The molecule has 0 aliphatic rings. The number of carbonyl (C=O) groups is 1. The molecular weight excluding hydrogens is 326 g/mol. The van der Waals surface area contributed by atoms with Gasteiger partial charge in [0.2, 0.25) is 11.8 Å². The number of aryl methyl sites for hydroxylation is 1. The normalized spacial score (nSPS) is 10.6. The number of benzene rings is 2. The molecule has 0 spiro atoms. The summed E-state index contributed by atoms with van der Waals surface area (Å²) >= 11 is 5.86. The zero-order valence-corrected chi connectivity index (χ0v) is 14.1. The minimum atomic E-state index is -0.164. The second kappa shape index (κ2) is 6.84. The first-order valence-electron chi connectivity index (χ1n) is 7.47. The summed E-state index contributed by atoms with van der Waals surface area (Å²) < 4.78 is 5.57. The van der Waals surface area contributed by atoms with E-state index in [1.165, 1.54) is 0 Å². The quantitative estimate of drug-likeness (QED) is 0.780. The number of carbonyl (C=O) groups excluding carboxylic acids is 1. The van der Waals surface area contributed by atoms with E-state index >= 15 is 0 Å². The summed E-state index contributed by atoms with van der Waals surface area (Å²) in [6, 6.07) is 12.7. The van der Waals surface area contributed by atoms with Gasteiger partial charge >= 0.3 is 0 Å². The van der Waals surface area contributed by atoms with Crippen molar-refractivity contribution in [1.29, 1.82) is 0 Å². The molecule has 0 aliphatic heterocycles. The Morgan fingerprint density at radius 3 is 2.62 bits per heavy atom. The minimum absolute atomic E-state index is 0.164. The van der Waals surface area contributed by atoms with E-state index in [1.54, 1.807) is 30.3 Å². The third-order valence-corrected chi connectivity index (χ3v) is 4.06. The third kappa shape index (κ3) is 3.46. The molecule has 6 heteroatoms. The summed E-state index contributed by atoms with van der Waals surface area (Å²) in [4.78, 5) is 12.3. The molecule has 3 aromatic rings. The molecule has 1 amide bonds. The van der Waals surface area contributed by atoms with Gasteiger partial charge in [0, 0.05) is 16.1 Å². The van der Waals surface area contributed by atoms with Crippen LogP contribution < -0.4 is 5.32 Å². The summed E-state index contributed by atoms with van der Waals surface area (Å²) in [6.07, 6.45) is 0. The van der Waals surface area contributed by atoms with E-state index in [1.807, 2.05) is 26.0 Å². The molecule has 0 fully saturated rings. The van der Waals surface area contributed by atoms with Crippen LogP contribution >= 0.6 is 11.6 Å². The highest BCUT2D eigenvalue weighted by atomic mass is 35.5. The zero-order chi connectivity index (χ0) is 17.1. The lowest BCUT2D eigenvalue weighted by Gasteiger charge is -2.08. The smallest absolute Gasteiger partial charge is 0.251 e. The standard InChI is InChI=1S/C18H16ClN3O2/c1-11-4-3-5-15(12(11)2)17(23)20-10-16-21-22-18(24-16)13-6-8-14(19)9-7-13/h3-9H,10H2,1-2H3,(H,20,23). The molecule has 3 rings (SSSR count). The largest absolute Gasteiger partial charge is 0.419 e. The first kappa shape index (κ1) is 16.2. The van der Waals surface area contributed by atoms with Gasteiger partial charge in [-0.3, -0.25) is 4.79 Å². The van der Waals surface area contributed by atoms with Gasteiger partial charge in [-0.1, -0.05) is 23.7 Å². The molecule has 2 aromatic carbocycles. The van der Waals surface area contributed by atoms with Crippen LogP contribution in [0.3, 0.4) is 0 Å². The molecular formula is C18H16ClN3O2. The lowest BCUT2D eigenvalue weighted by molar-refractivity contribution is 0.0946. The number of rotatable bonds is 4. The fraction of sp³-hybridized carbons (Fsp3) is 0.167. The summed E-state index contributed by atoms with van der Waals surface area (Å²) in [5, 5.41) is 11.4. The molecule has 0 aliphatic carbocycles. The number of aromatic nitrogens is 2. The molecule has 0 radical (unpaired) electrons. The summed E-state index contributed by atoms with van der Waals surface area (Å²) in [6.45, 7) is 4.07. The van der Waals surface area contributed by atoms with Crippen LogP contribution in [-0.2, 0) is 6.54 Å². The SMILES string of the molecule is Cc1cccc(C(=O)NCc2nnc(-c3ccc(Cl)cc3)o2)c1C. The van der Waals surface area contributed by atoms with Crippen LogP contribution in [0, 0.1) is 13.8 Å². The second-order valence-electron chi connectivity index (χ2n) is 5.44. The van der Waals surface area contributed by atoms with Gasteiger partial charge in [0.25, 0.3) is 5.91 Å². The van der Waals surface area contributed by atoms with Crippen molar-refractivity contribution in [2.24, 2.45) is 0 Å². The van der Waals surface area contributed by atoms with Crippen molar-refractivity contribution in [1.82, 2.24) is 15.5 Å². The van der Waals surface area contributed by atoms with Gasteiger partial charge in [-0.2, -0.15) is 0 Å². The number of nitrogens with zero attached hydrogens (tertiary/aromatic N) is 2. The minimum Gasteiger partial charge on any atom is -0.419 e. The maximum absolute atomic E-state index is 12.3. The molecule has 24 heavy (non-hydrogen) atoms. The zero-order valence-electron chi connectivity index (χ0n) is 13.3. The number of hydrogen-bond acceptors (Lipinski definition) is 4. The lowest BCUT2D eigenvalue weighted by Crippen LogP contribution is -2.24. The van der Waals surface area contributed by atoms with Crippen molar-refractivity contribution in [3.8, 4) is 11.5 Å². The lowest BCUT2D eigenvalue weighted by atomic mass is 10.0. The average molecular weight is 342 g/mol. The number of hydrogen-bond donors (Lipinski definition) is 1. The van der Waals surface area contributed by atoms with E-state index in [2.05, 4.69) is 15.5 Å². The van der Waals surface area contributed by atoms with Gasteiger partial charge in [-0.25, -0.2) is 0 Å². The van der Waals surface area contributed by atoms with Crippen molar-refractivity contribution < 1.29 is 9.21 Å². The Balaban J connectivity index is 1.68. The monoisotopic (exact) mass is 341 g/mol. The highest BCUT2D eigenvalue weighted by Gasteiger charge is 2.13. The van der Waals surface area contributed by atoms with Crippen molar-refractivity contribution in [3.63, 3.8) is 0 Å². The van der Waals surface area contributed by atoms with Crippen LogP contribution in [0.15, 0.2) is 46.9 Å². The van der Waals surface area contributed by atoms with E-state index < -0.39 is 0 Å². The maximum atomic E-state index is 12.3. The van der Waals surface area contributed by atoms with E-state index in [0.29, 0.717) is 22.4 Å². The van der Waals surface area contributed by atoms with E-state index in [9.17, 15) is 4.79 Å². The highest BCUT2D eigenvalue weighted by molar-refractivity contribution is 6.30. The Bertz CT molecular complexity index is 872. The Kier molecular flexibility index (Phi) is 4.62. The van der Waals surface area contributed by atoms with Crippen LogP contribution in [0.5, 0.6) is 0 Å². The Hall–Kier alpha value is -2.66. The van der Waals surface area contributed by atoms with Gasteiger partial charge in [-0.05, 0) is 55.3 Å². The molecule has 0 unspecified atom stereocenters. The van der Waals surface area contributed by atoms with E-state index in [4.69, 9.17) is 16.0 Å². The Labute approximate surface area is 144 Å². The summed E-state index contributed by atoms with van der Waals surface area (Å²) in [5.74, 6) is 0.573. The molecule has 5 nitrogen and oxygen atoms in total. The number of halogens is 1. The fourth-order valence-electron chi connectivity index (χ4n) is 2.28. The predicted octanol–water partition coefficient (Wildman–Crippen LogP) is 3.94. The van der Waals surface area contributed by atoms with Gasteiger partial charge in [-0.15, -0.1) is 10.2 Å². The van der Waals surface area contributed by atoms with Crippen LogP contribution in [0.4, 0.5) is 0 Å². The van der Waals surface area contributed by atoms with Crippen molar-refractivity contribution in [3.05, 3.63) is 70.1 Å². The molecule has 122 valence electrons. The van der Waals surface area contributed by atoms with Crippen LogP contribution in [0.2, 0.25) is 5.02 Å². The van der Waals surface area contributed by atoms with Gasteiger partial charge in [0.05, 0.1) is 6.54 Å². The van der Waals surface area contributed by atoms with Gasteiger partial charge < -0.3 is 9.73 Å². The van der Waals surface area contributed by atoms with Gasteiger partial charge in [0.1, 0.15) is 0 Å². The van der Waals surface area contributed by atoms with Crippen LogP contribution in [-0.4, -0.2) is 16.1 Å². The Morgan fingerprint density at radius 2 is 1.88 bits per heavy atom. The topological polar surface area (TPSA) is 68.0 Å². The van der Waals surface area contributed by atoms with Gasteiger partial charge in [0.15, 0.2) is 0 Å². The first-order valence-corrected chi connectivity index (χ1v) is 7.85. The van der Waals surface area contributed by atoms with E-state index in [-0.39, 0.29) is 12.5 Å². The maximum Gasteiger partial charge on any atom is 0.251 e. The first-order chi connectivity index (χ1) is 11.5. The summed E-state index contributed by atoms with van der Waals surface area (Å²) in [7, 11) is 0. The molecule has 0 saturated heterocycles. The number of nitrogens with one attached hydrogen (secondary N) is 1. The molecule has 1 heterocycles. The van der Waals surface area contributed by atoms with Crippen molar-refractivity contribution >= 4 is 17.5 Å². The highest BCUT2D eigenvalue weighted by Crippen LogP contribution is 2.20. The third-order valence-electron chi connectivity index (χ3n) is 3.81. The second-order valence-corrected chi connectivity index (χ2v) is 5.87. The molecule has 0 bridgehead atoms. The summed E-state index contributed by atoms with van der Waals surface area (Å²) in [5.41, 5.74) is 3.46. The van der Waals surface area contributed by atoms with Crippen molar-refractivity contribution in [2.45, 2.75) is 20.4 Å². The van der Waals surface area contributed by atoms with Crippen LogP contribution in [0.1, 0.15) is 27.4 Å². The molecule has 1 aromatic heterocycles. The van der Waals surface area contributed by atoms with Crippen LogP contribution in [0.25, 0.3) is 11.5 Å². The van der Waals surface area contributed by atoms with Crippen molar-refractivity contribution in [2.75, 3.05) is 0 Å².